The van der Waals surface area contributed by atoms with E-state index in [4.69, 9.17) is 0 Å². The van der Waals surface area contributed by atoms with Crippen LogP contribution in [0.4, 0.5) is 19.1 Å². The number of nitrogens with one attached hydrogen (secondary N) is 1. The van der Waals surface area contributed by atoms with Crippen LogP contribution in [-0.2, 0) is 27.4 Å². The Morgan fingerprint density at radius 3 is 2.20 bits per heavy atom. The third-order valence-electron chi connectivity index (χ3n) is 8.00. The minimum atomic E-state index is -4.42. The minimum absolute atomic E-state index is 0.000932. The first-order valence-corrected chi connectivity index (χ1v) is 16.1. The monoisotopic (exact) mass is 631 g/mol. The van der Waals surface area contributed by atoms with Crippen LogP contribution in [0.1, 0.15) is 66.1 Å². The molecule has 0 aliphatic carbocycles. The topological polar surface area (TPSA) is 113 Å². The molecule has 0 bridgehead atoms. The van der Waals surface area contributed by atoms with E-state index in [-0.39, 0.29) is 47.0 Å². The van der Waals surface area contributed by atoms with Gasteiger partial charge >= 0.3 is 6.18 Å². The van der Waals surface area contributed by atoms with E-state index in [0.717, 1.165) is 23.3 Å². The van der Waals surface area contributed by atoms with Gasteiger partial charge in [0, 0.05) is 57.5 Å². The maximum Gasteiger partial charge on any atom is 0.416 e. The molecule has 13 heteroatoms. The zero-order valence-corrected chi connectivity index (χ0v) is 25.7. The molecule has 0 spiro atoms. The first-order valence-electron chi connectivity index (χ1n) is 14.4. The molecule has 2 amide bonds. The summed E-state index contributed by atoms with van der Waals surface area (Å²) in [4.78, 5) is 38.2. The van der Waals surface area contributed by atoms with Crippen LogP contribution in [0.2, 0.25) is 0 Å². The van der Waals surface area contributed by atoms with E-state index < -0.39 is 27.5 Å². The first-order chi connectivity index (χ1) is 20.8. The fraction of sp³-hybridized carbons (Fsp3) is 0.419. The van der Waals surface area contributed by atoms with Gasteiger partial charge in [0.15, 0.2) is 9.84 Å². The summed E-state index contributed by atoms with van der Waals surface area (Å²) in [6.45, 7) is 4.58. The molecule has 2 heterocycles. The predicted octanol–water partition coefficient (Wildman–Crippen LogP) is 4.84. The van der Waals surface area contributed by atoms with Gasteiger partial charge in [-0.25, -0.2) is 18.4 Å². The molecular weight excluding hydrogens is 595 g/mol. The second-order valence-corrected chi connectivity index (χ2v) is 13.1. The highest BCUT2D eigenvalue weighted by atomic mass is 32.2. The Balaban J connectivity index is 1.48. The molecule has 236 valence electrons. The Bertz CT molecular complexity index is 1550. The van der Waals surface area contributed by atoms with E-state index in [1.54, 1.807) is 31.0 Å². The molecule has 0 saturated carbocycles. The van der Waals surface area contributed by atoms with E-state index in [1.165, 1.54) is 36.7 Å². The molecule has 1 aliphatic rings. The van der Waals surface area contributed by atoms with Gasteiger partial charge in [-0.1, -0.05) is 31.2 Å². The van der Waals surface area contributed by atoms with Gasteiger partial charge in [0.25, 0.3) is 5.91 Å². The number of anilines is 1. The lowest BCUT2D eigenvalue weighted by molar-refractivity contribution is -0.137. The van der Waals surface area contributed by atoms with E-state index in [2.05, 4.69) is 15.3 Å². The third-order valence-corrected chi connectivity index (χ3v) is 9.75. The van der Waals surface area contributed by atoms with Crippen molar-refractivity contribution in [2.45, 2.75) is 62.7 Å². The number of carbonyl (C=O) groups is 2. The van der Waals surface area contributed by atoms with Crippen LogP contribution in [0.5, 0.6) is 0 Å². The average Bonchev–Trinajstić information content (AvgIpc) is 3.03. The number of amides is 2. The Kier molecular flexibility index (Phi) is 10.3. The molecule has 1 fully saturated rings. The van der Waals surface area contributed by atoms with Crippen molar-refractivity contribution in [1.29, 1.82) is 0 Å². The molecule has 9 nitrogen and oxygen atoms in total. The Labute approximate surface area is 255 Å². The lowest BCUT2D eigenvalue weighted by Crippen LogP contribution is -2.46. The summed E-state index contributed by atoms with van der Waals surface area (Å²) in [5.41, 5.74) is 0.986. The van der Waals surface area contributed by atoms with E-state index in [1.807, 2.05) is 11.8 Å². The van der Waals surface area contributed by atoms with Crippen molar-refractivity contribution in [3.8, 4) is 0 Å². The highest BCUT2D eigenvalue weighted by Gasteiger charge is 2.34. The molecule has 1 unspecified atom stereocenters. The fourth-order valence-corrected chi connectivity index (χ4v) is 5.97. The maximum atomic E-state index is 13.1. The number of alkyl halides is 3. The predicted molar refractivity (Wildman–Crippen MR) is 160 cm³/mol. The minimum Gasteiger partial charge on any atom is -0.348 e. The second-order valence-electron chi connectivity index (χ2n) is 10.8. The molecule has 4 rings (SSSR count). The van der Waals surface area contributed by atoms with Crippen molar-refractivity contribution in [2.24, 2.45) is 0 Å². The van der Waals surface area contributed by atoms with Crippen LogP contribution in [0.3, 0.4) is 0 Å². The number of benzene rings is 2. The van der Waals surface area contributed by atoms with Gasteiger partial charge in [-0.2, -0.15) is 13.2 Å². The van der Waals surface area contributed by atoms with Gasteiger partial charge in [0.1, 0.15) is 0 Å². The van der Waals surface area contributed by atoms with Crippen molar-refractivity contribution in [3.05, 3.63) is 83.2 Å². The largest absolute Gasteiger partial charge is 0.416 e. The van der Waals surface area contributed by atoms with Crippen LogP contribution < -0.4 is 10.2 Å². The molecule has 44 heavy (non-hydrogen) atoms. The summed E-state index contributed by atoms with van der Waals surface area (Å²) >= 11 is 0. The molecule has 1 aliphatic heterocycles. The van der Waals surface area contributed by atoms with Gasteiger partial charge < -0.3 is 15.1 Å². The van der Waals surface area contributed by atoms with Crippen molar-refractivity contribution in [1.82, 2.24) is 20.2 Å². The molecule has 1 N–H and O–H groups in total. The number of rotatable bonds is 10. The highest BCUT2D eigenvalue weighted by Crippen LogP contribution is 2.35. The Morgan fingerprint density at radius 2 is 1.64 bits per heavy atom. The zero-order chi connectivity index (χ0) is 32.1. The van der Waals surface area contributed by atoms with Crippen LogP contribution in [0.25, 0.3) is 0 Å². The van der Waals surface area contributed by atoms with E-state index >= 15 is 0 Å². The number of hydrogen-bond donors (Lipinski definition) is 1. The first kappa shape index (κ1) is 32.9. The van der Waals surface area contributed by atoms with Gasteiger partial charge in [0.05, 0.1) is 21.8 Å². The van der Waals surface area contributed by atoms with E-state index in [0.29, 0.717) is 31.9 Å². The number of carbonyl (C=O) groups excluding carboxylic acids is 2. The van der Waals surface area contributed by atoms with Crippen LogP contribution in [-0.4, -0.2) is 67.0 Å². The zero-order valence-electron chi connectivity index (χ0n) is 24.8. The molecule has 1 saturated heterocycles. The number of piperidine rings is 1. The fourth-order valence-electron chi connectivity index (χ4n) is 5.09. The molecule has 3 aromatic rings. The normalized spacial score (nSPS) is 17.3. The Hall–Kier alpha value is -4.00. The van der Waals surface area contributed by atoms with Crippen molar-refractivity contribution < 1.29 is 31.2 Å². The number of halogens is 3. The van der Waals surface area contributed by atoms with E-state index in [9.17, 15) is 31.2 Å². The molecule has 2 aromatic carbocycles. The molecular formula is C31H36F3N5O4S. The summed E-state index contributed by atoms with van der Waals surface area (Å²) in [6.07, 6.45) is -0.104. The SMILES string of the molecule is CCN(C)C(=O)C[C@@H]1CCC(c2ccc(C(F)(F)F)cc2)CN1c1ncc(C(=O)NCc2ccc(S(=O)(=O)CC)cc2)cn1. The van der Waals surface area contributed by atoms with Gasteiger partial charge in [0.2, 0.25) is 11.9 Å². The van der Waals surface area contributed by atoms with Crippen LogP contribution >= 0.6 is 0 Å². The molecule has 1 aromatic heterocycles. The summed E-state index contributed by atoms with van der Waals surface area (Å²) in [6, 6.07) is 11.2. The molecule has 2 atom stereocenters. The number of nitrogens with zero attached hydrogens (tertiary/aromatic N) is 4. The van der Waals surface area contributed by atoms with Crippen LogP contribution in [0, 0.1) is 0 Å². The average molecular weight is 632 g/mol. The Morgan fingerprint density at radius 1 is 1.00 bits per heavy atom. The summed E-state index contributed by atoms with van der Waals surface area (Å²) in [7, 11) is -1.59. The number of sulfone groups is 1. The van der Waals surface area contributed by atoms with Crippen molar-refractivity contribution in [3.63, 3.8) is 0 Å². The number of hydrogen-bond acceptors (Lipinski definition) is 7. The van der Waals surface area contributed by atoms with Gasteiger partial charge in [-0.15, -0.1) is 0 Å². The lowest BCUT2D eigenvalue weighted by Gasteiger charge is -2.40. The number of aromatic nitrogens is 2. The molecule has 0 radical (unpaired) electrons. The van der Waals surface area contributed by atoms with Crippen molar-refractivity contribution in [2.75, 3.05) is 30.8 Å². The highest BCUT2D eigenvalue weighted by molar-refractivity contribution is 7.91. The summed E-state index contributed by atoms with van der Waals surface area (Å²) < 4.78 is 63.3. The summed E-state index contributed by atoms with van der Waals surface area (Å²) in [5.74, 6) is -0.231. The lowest BCUT2D eigenvalue weighted by atomic mass is 9.86. The smallest absolute Gasteiger partial charge is 0.348 e. The summed E-state index contributed by atoms with van der Waals surface area (Å²) in [5, 5.41) is 2.77. The maximum absolute atomic E-state index is 13.1. The van der Waals surface area contributed by atoms with Gasteiger partial charge in [-0.3, -0.25) is 9.59 Å². The van der Waals surface area contributed by atoms with Gasteiger partial charge in [-0.05, 0) is 55.2 Å². The third kappa shape index (κ3) is 7.93. The standard InChI is InChI=1S/C31H36F3N5O4S/c1-4-38(3)28(40)16-26-13-10-23(22-8-11-25(12-9-22)31(32,33)34)20-39(26)30-36-18-24(19-37-30)29(41)35-17-21-6-14-27(15-7-21)44(42,43)5-2/h6-9,11-12,14-15,18-19,23,26H,4-5,10,13,16-17,20H2,1-3H3,(H,35,41)/t23?,26-/m0/s1. The van der Waals surface area contributed by atoms with Crippen LogP contribution in [0.15, 0.2) is 65.8 Å². The second kappa shape index (κ2) is 13.7. The quantitative estimate of drug-likeness (QED) is 0.341. The van der Waals surface area contributed by atoms with Crippen molar-refractivity contribution >= 4 is 27.6 Å².